The standard InChI is InChI=1S/C15H30N2O3/c1-15(12-18,13-19)11-16(2)10-14(20)17-8-6-4-3-5-7-9-17/h18-19H,3-13H2,1-2H3. The molecule has 1 heterocycles. The minimum atomic E-state index is -0.550. The van der Waals surface area contributed by atoms with Crippen LogP contribution < -0.4 is 0 Å². The molecule has 1 amide bonds. The molecule has 0 atom stereocenters. The predicted molar refractivity (Wildman–Crippen MR) is 79.4 cm³/mol. The lowest BCUT2D eigenvalue weighted by atomic mass is 9.92. The van der Waals surface area contributed by atoms with Gasteiger partial charge in [-0.3, -0.25) is 9.69 Å². The molecule has 1 aliphatic heterocycles. The molecule has 20 heavy (non-hydrogen) atoms. The first kappa shape index (κ1) is 17.4. The summed E-state index contributed by atoms with van der Waals surface area (Å²) in [5.41, 5.74) is -0.550. The molecule has 5 nitrogen and oxygen atoms in total. The summed E-state index contributed by atoms with van der Waals surface area (Å²) in [6.07, 6.45) is 5.91. The fourth-order valence-electron chi connectivity index (χ4n) is 2.69. The highest BCUT2D eigenvalue weighted by Crippen LogP contribution is 2.16. The number of carbonyl (C=O) groups excluding carboxylic acids is 1. The number of nitrogens with zero attached hydrogens (tertiary/aromatic N) is 2. The first-order chi connectivity index (χ1) is 9.50. The van der Waals surface area contributed by atoms with Crippen molar-refractivity contribution in [2.45, 2.75) is 39.0 Å². The fraction of sp³-hybridized carbons (Fsp3) is 0.933. The molecule has 0 spiro atoms. The van der Waals surface area contributed by atoms with E-state index < -0.39 is 5.41 Å². The monoisotopic (exact) mass is 286 g/mol. The van der Waals surface area contributed by atoms with E-state index >= 15 is 0 Å². The number of hydrogen-bond donors (Lipinski definition) is 2. The molecule has 0 unspecified atom stereocenters. The maximum Gasteiger partial charge on any atom is 0.236 e. The van der Waals surface area contributed by atoms with Gasteiger partial charge in [-0.2, -0.15) is 0 Å². The number of carbonyl (C=O) groups is 1. The van der Waals surface area contributed by atoms with E-state index in [-0.39, 0.29) is 19.1 Å². The number of likely N-dealkylation sites (N-methyl/N-ethyl adjacent to an activating group) is 1. The Balaban J connectivity index is 2.43. The Kier molecular flexibility index (Phi) is 7.48. The highest BCUT2D eigenvalue weighted by Gasteiger charge is 2.26. The lowest BCUT2D eigenvalue weighted by molar-refractivity contribution is -0.133. The second-order valence-electron chi connectivity index (χ2n) is 6.45. The Morgan fingerprint density at radius 2 is 1.60 bits per heavy atom. The van der Waals surface area contributed by atoms with E-state index in [9.17, 15) is 15.0 Å². The van der Waals surface area contributed by atoms with Gasteiger partial charge in [0.05, 0.1) is 19.8 Å². The Morgan fingerprint density at radius 3 is 2.10 bits per heavy atom. The summed E-state index contributed by atoms with van der Waals surface area (Å²) in [4.78, 5) is 16.2. The van der Waals surface area contributed by atoms with Crippen molar-refractivity contribution in [3.05, 3.63) is 0 Å². The molecule has 0 aromatic heterocycles. The minimum Gasteiger partial charge on any atom is -0.396 e. The van der Waals surface area contributed by atoms with Crippen molar-refractivity contribution >= 4 is 5.91 Å². The third-order valence-electron chi connectivity index (χ3n) is 4.03. The van der Waals surface area contributed by atoms with Gasteiger partial charge in [0.2, 0.25) is 5.91 Å². The number of aliphatic hydroxyl groups is 2. The fourth-order valence-corrected chi connectivity index (χ4v) is 2.69. The second-order valence-corrected chi connectivity index (χ2v) is 6.45. The van der Waals surface area contributed by atoms with E-state index in [1.54, 1.807) is 0 Å². The lowest BCUT2D eigenvalue weighted by Gasteiger charge is -2.32. The van der Waals surface area contributed by atoms with Crippen LogP contribution in [0.1, 0.15) is 39.0 Å². The van der Waals surface area contributed by atoms with Crippen LogP contribution in [0.4, 0.5) is 0 Å². The lowest BCUT2D eigenvalue weighted by Crippen LogP contribution is -2.45. The molecule has 1 aliphatic rings. The Morgan fingerprint density at radius 1 is 1.10 bits per heavy atom. The van der Waals surface area contributed by atoms with Crippen molar-refractivity contribution in [2.24, 2.45) is 5.41 Å². The Bertz CT molecular complexity index is 285. The van der Waals surface area contributed by atoms with E-state index in [4.69, 9.17) is 0 Å². The average molecular weight is 286 g/mol. The molecule has 5 heteroatoms. The highest BCUT2D eigenvalue weighted by molar-refractivity contribution is 5.78. The number of hydrogen-bond acceptors (Lipinski definition) is 4. The number of rotatable bonds is 6. The maximum atomic E-state index is 12.3. The van der Waals surface area contributed by atoms with Crippen molar-refractivity contribution < 1.29 is 15.0 Å². The van der Waals surface area contributed by atoms with Gasteiger partial charge in [-0.15, -0.1) is 0 Å². The molecule has 0 aliphatic carbocycles. The van der Waals surface area contributed by atoms with Crippen LogP contribution >= 0.6 is 0 Å². The Labute approximate surface area is 122 Å². The summed E-state index contributed by atoms with van der Waals surface area (Å²) < 4.78 is 0. The van der Waals surface area contributed by atoms with Gasteiger partial charge < -0.3 is 15.1 Å². The molecule has 1 rings (SSSR count). The van der Waals surface area contributed by atoms with Gasteiger partial charge in [-0.05, 0) is 19.9 Å². The van der Waals surface area contributed by atoms with Gasteiger partial charge in [0.25, 0.3) is 0 Å². The summed E-state index contributed by atoms with van der Waals surface area (Å²) in [7, 11) is 1.87. The average Bonchev–Trinajstić information content (AvgIpc) is 2.37. The largest absolute Gasteiger partial charge is 0.396 e. The zero-order valence-electron chi connectivity index (χ0n) is 13.0. The van der Waals surface area contributed by atoms with E-state index in [1.807, 2.05) is 23.8 Å². The SMILES string of the molecule is CN(CC(=O)N1CCCCCCC1)CC(C)(CO)CO. The van der Waals surface area contributed by atoms with Gasteiger partial charge in [0, 0.05) is 25.0 Å². The molecule has 0 radical (unpaired) electrons. The summed E-state index contributed by atoms with van der Waals surface area (Å²) in [5.74, 6) is 0.160. The topological polar surface area (TPSA) is 64.0 Å². The first-order valence-electron chi connectivity index (χ1n) is 7.69. The van der Waals surface area contributed by atoms with Crippen LogP contribution in [-0.2, 0) is 4.79 Å². The molecule has 2 N–H and O–H groups in total. The quantitative estimate of drug-likeness (QED) is 0.754. The van der Waals surface area contributed by atoms with Crippen molar-refractivity contribution in [1.82, 2.24) is 9.80 Å². The van der Waals surface area contributed by atoms with Gasteiger partial charge in [0.1, 0.15) is 0 Å². The first-order valence-corrected chi connectivity index (χ1v) is 7.69. The molecule has 1 fully saturated rings. The summed E-state index contributed by atoms with van der Waals surface area (Å²) in [5, 5.41) is 18.6. The maximum absolute atomic E-state index is 12.3. The summed E-state index contributed by atoms with van der Waals surface area (Å²) >= 11 is 0. The number of amides is 1. The molecule has 118 valence electrons. The number of likely N-dealkylation sites (tertiary alicyclic amines) is 1. The molecule has 0 aromatic rings. The smallest absolute Gasteiger partial charge is 0.236 e. The van der Waals surface area contributed by atoms with Crippen LogP contribution in [0.2, 0.25) is 0 Å². The Hall–Kier alpha value is -0.650. The molecular formula is C15H30N2O3. The normalized spacial score (nSPS) is 17.9. The van der Waals surface area contributed by atoms with Crippen molar-refractivity contribution in [3.63, 3.8) is 0 Å². The molecule has 1 saturated heterocycles. The van der Waals surface area contributed by atoms with Gasteiger partial charge in [-0.25, -0.2) is 0 Å². The molecule has 0 bridgehead atoms. The zero-order valence-corrected chi connectivity index (χ0v) is 13.0. The summed E-state index contributed by atoms with van der Waals surface area (Å²) in [6, 6.07) is 0. The van der Waals surface area contributed by atoms with Crippen molar-refractivity contribution in [3.8, 4) is 0 Å². The third-order valence-corrected chi connectivity index (χ3v) is 4.03. The van der Waals surface area contributed by atoms with Crippen LogP contribution in [0, 0.1) is 5.41 Å². The van der Waals surface area contributed by atoms with E-state index in [2.05, 4.69) is 0 Å². The van der Waals surface area contributed by atoms with Crippen molar-refractivity contribution in [2.75, 3.05) is 46.4 Å². The zero-order chi connectivity index (χ0) is 15.0. The number of aliphatic hydroxyl groups excluding tert-OH is 2. The summed E-state index contributed by atoms with van der Waals surface area (Å²) in [6.45, 7) is 4.27. The van der Waals surface area contributed by atoms with E-state index in [0.29, 0.717) is 13.1 Å². The van der Waals surface area contributed by atoms with Crippen molar-refractivity contribution in [1.29, 1.82) is 0 Å². The second kappa shape index (κ2) is 8.60. The van der Waals surface area contributed by atoms with Crippen LogP contribution in [0.15, 0.2) is 0 Å². The molecule has 0 saturated carbocycles. The van der Waals surface area contributed by atoms with Crippen LogP contribution in [0.5, 0.6) is 0 Å². The van der Waals surface area contributed by atoms with Gasteiger partial charge in [-0.1, -0.05) is 26.2 Å². The van der Waals surface area contributed by atoms with E-state index in [1.165, 1.54) is 19.3 Å². The van der Waals surface area contributed by atoms with Gasteiger partial charge >= 0.3 is 0 Å². The highest BCUT2D eigenvalue weighted by atomic mass is 16.3. The van der Waals surface area contributed by atoms with Crippen LogP contribution in [0.25, 0.3) is 0 Å². The minimum absolute atomic E-state index is 0.0776. The van der Waals surface area contributed by atoms with Gasteiger partial charge in [0.15, 0.2) is 0 Å². The van der Waals surface area contributed by atoms with Crippen LogP contribution in [-0.4, -0.2) is 72.4 Å². The van der Waals surface area contributed by atoms with Crippen LogP contribution in [0.3, 0.4) is 0 Å². The van der Waals surface area contributed by atoms with E-state index in [0.717, 1.165) is 25.9 Å². The predicted octanol–water partition coefficient (Wildman–Crippen LogP) is 0.702. The molecule has 0 aromatic carbocycles. The third kappa shape index (κ3) is 5.77. The molecular weight excluding hydrogens is 256 g/mol.